The third-order valence-corrected chi connectivity index (χ3v) is 3.62. The predicted octanol–water partition coefficient (Wildman–Crippen LogP) is 3.25. The Morgan fingerprint density at radius 2 is 2.12 bits per heavy atom. The fourth-order valence-corrected chi connectivity index (χ4v) is 2.51. The van der Waals surface area contributed by atoms with Crippen LogP contribution in [0.5, 0.6) is 5.75 Å². The van der Waals surface area contributed by atoms with Gasteiger partial charge in [0.25, 0.3) is 5.89 Å². The van der Waals surface area contributed by atoms with Gasteiger partial charge in [0.1, 0.15) is 17.4 Å². The number of nitrogens with zero attached hydrogens (tertiary/aromatic N) is 5. The molecule has 0 aliphatic rings. The summed E-state index contributed by atoms with van der Waals surface area (Å²) in [5, 5.41) is 4.01. The Labute approximate surface area is 148 Å². The topological polar surface area (TPSA) is 78.9 Å². The molecule has 0 aliphatic carbocycles. The van der Waals surface area contributed by atoms with Crippen molar-refractivity contribution in [1.29, 1.82) is 0 Å². The molecule has 1 aromatic carbocycles. The van der Waals surface area contributed by atoms with Crippen LogP contribution in [0, 0.1) is 0 Å². The number of rotatable bonds is 5. The van der Waals surface area contributed by atoms with Crippen LogP contribution >= 0.6 is 12.6 Å². The maximum Gasteiger partial charge on any atom is 0.258 e. The summed E-state index contributed by atoms with van der Waals surface area (Å²) in [6, 6.07) is 11.2. The van der Waals surface area contributed by atoms with Gasteiger partial charge in [0.15, 0.2) is 0 Å². The molecular weight excluding hydrogens is 338 g/mol. The maximum absolute atomic E-state index is 5.53. The zero-order valence-corrected chi connectivity index (χ0v) is 13.9. The highest BCUT2D eigenvalue weighted by molar-refractivity contribution is 7.80. The van der Waals surface area contributed by atoms with Crippen LogP contribution in [0.4, 0.5) is 0 Å². The van der Waals surface area contributed by atoms with Crippen molar-refractivity contribution in [3.8, 4) is 34.4 Å². The summed E-state index contributed by atoms with van der Waals surface area (Å²) in [5.41, 5.74) is 2.25. The zero-order chi connectivity index (χ0) is 17.1. The molecule has 0 N–H and O–H groups in total. The van der Waals surface area contributed by atoms with Crippen LogP contribution in [-0.2, 0) is 0 Å². The van der Waals surface area contributed by atoms with Gasteiger partial charge in [-0.3, -0.25) is 4.98 Å². The average Bonchev–Trinajstić information content (AvgIpc) is 3.35. The summed E-state index contributed by atoms with van der Waals surface area (Å²) in [5.74, 6) is 1.72. The van der Waals surface area contributed by atoms with Crippen molar-refractivity contribution in [3.63, 3.8) is 0 Å². The monoisotopic (exact) mass is 351 g/mol. The smallest absolute Gasteiger partial charge is 0.258 e. The van der Waals surface area contributed by atoms with Crippen molar-refractivity contribution in [2.75, 3.05) is 5.94 Å². The Hall–Kier alpha value is -3.13. The van der Waals surface area contributed by atoms with E-state index >= 15 is 0 Å². The second kappa shape index (κ2) is 6.78. The van der Waals surface area contributed by atoms with Crippen LogP contribution in [-0.4, -0.2) is 30.6 Å². The first-order chi connectivity index (χ1) is 12.3. The van der Waals surface area contributed by atoms with Gasteiger partial charge < -0.3 is 13.8 Å². The summed E-state index contributed by atoms with van der Waals surface area (Å²) in [7, 11) is 0. The van der Waals surface area contributed by atoms with E-state index in [2.05, 4.69) is 32.7 Å². The first-order valence-electron chi connectivity index (χ1n) is 7.46. The lowest BCUT2D eigenvalue weighted by atomic mass is 10.2. The summed E-state index contributed by atoms with van der Waals surface area (Å²) < 4.78 is 12.8. The minimum atomic E-state index is 0.260. The van der Waals surface area contributed by atoms with Crippen LogP contribution in [0.2, 0.25) is 0 Å². The van der Waals surface area contributed by atoms with Gasteiger partial charge in [0.2, 0.25) is 5.82 Å². The number of hydrogen-bond acceptors (Lipinski definition) is 7. The van der Waals surface area contributed by atoms with Crippen LogP contribution < -0.4 is 4.74 Å². The van der Waals surface area contributed by atoms with Gasteiger partial charge >= 0.3 is 0 Å². The van der Waals surface area contributed by atoms with Gasteiger partial charge in [-0.25, -0.2) is 4.98 Å². The highest BCUT2D eigenvalue weighted by atomic mass is 32.1. The summed E-state index contributed by atoms with van der Waals surface area (Å²) in [6.45, 7) is 0. The molecule has 0 fully saturated rings. The molecule has 8 heteroatoms. The fraction of sp³-hybridized carbons (Fsp3) is 0.0588. The molecule has 0 saturated carbocycles. The standard InChI is InChI=1S/C17H13N5O2S/c25-11-23-14-8-12(7-13(9-14)22-6-5-18-10-22)17-20-16(21-24-17)15-3-1-2-4-19-15/h1-10,25H,11H2. The van der Waals surface area contributed by atoms with Crippen molar-refractivity contribution in [1.82, 2.24) is 24.7 Å². The van der Waals surface area contributed by atoms with Gasteiger partial charge in [-0.2, -0.15) is 4.98 Å². The van der Waals surface area contributed by atoms with E-state index in [4.69, 9.17) is 9.26 Å². The number of thiol groups is 1. The Morgan fingerprint density at radius 3 is 2.88 bits per heavy atom. The largest absolute Gasteiger partial charge is 0.483 e. The van der Waals surface area contributed by atoms with Crippen LogP contribution in [0.3, 0.4) is 0 Å². The first-order valence-corrected chi connectivity index (χ1v) is 8.09. The molecule has 124 valence electrons. The van der Waals surface area contributed by atoms with Crippen molar-refractivity contribution < 1.29 is 9.26 Å². The molecule has 0 bridgehead atoms. The molecule has 4 aromatic rings. The minimum Gasteiger partial charge on any atom is -0.483 e. The molecule has 0 spiro atoms. The van der Waals surface area contributed by atoms with E-state index in [1.165, 1.54) is 0 Å². The normalized spacial score (nSPS) is 10.8. The van der Waals surface area contributed by atoms with E-state index in [1.807, 2.05) is 47.2 Å². The average molecular weight is 351 g/mol. The van der Waals surface area contributed by atoms with Crippen molar-refractivity contribution in [2.45, 2.75) is 0 Å². The molecule has 0 atom stereocenters. The van der Waals surface area contributed by atoms with E-state index in [9.17, 15) is 0 Å². The number of hydrogen-bond donors (Lipinski definition) is 1. The Morgan fingerprint density at radius 1 is 1.16 bits per heavy atom. The Balaban J connectivity index is 1.76. The molecular formula is C17H13N5O2S. The molecule has 0 unspecified atom stereocenters. The maximum atomic E-state index is 5.53. The summed E-state index contributed by atoms with van der Waals surface area (Å²) in [6.07, 6.45) is 6.94. The molecule has 7 nitrogen and oxygen atoms in total. The van der Waals surface area contributed by atoms with Gasteiger partial charge in [-0.15, -0.1) is 12.6 Å². The highest BCUT2D eigenvalue weighted by Gasteiger charge is 2.14. The molecule has 0 saturated heterocycles. The van der Waals surface area contributed by atoms with E-state index in [-0.39, 0.29) is 5.94 Å². The minimum absolute atomic E-state index is 0.260. The summed E-state index contributed by atoms with van der Waals surface area (Å²) >= 11 is 4.11. The number of pyridine rings is 1. The van der Waals surface area contributed by atoms with E-state index in [0.717, 1.165) is 11.3 Å². The Bertz CT molecular complexity index is 970. The molecule has 25 heavy (non-hydrogen) atoms. The molecule has 0 aliphatic heterocycles. The van der Waals surface area contributed by atoms with E-state index in [0.29, 0.717) is 23.2 Å². The lowest BCUT2D eigenvalue weighted by Crippen LogP contribution is -1.95. The fourth-order valence-electron chi connectivity index (χ4n) is 2.37. The Kier molecular flexibility index (Phi) is 4.17. The number of imidazole rings is 1. The summed E-state index contributed by atoms with van der Waals surface area (Å²) in [4.78, 5) is 12.7. The number of benzene rings is 1. The van der Waals surface area contributed by atoms with Crippen LogP contribution in [0.1, 0.15) is 0 Å². The number of aromatic nitrogens is 5. The second-order valence-corrected chi connectivity index (χ2v) is 5.36. The van der Waals surface area contributed by atoms with E-state index in [1.54, 1.807) is 18.7 Å². The third kappa shape index (κ3) is 3.24. The lowest BCUT2D eigenvalue weighted by molar-refractivity contribution is 0.394. The number of ether oxygens (including phenoxy) is 1. The van der Waals surface area contributed by atoms with Gasteiger partial charge in [-0.1, -0.05) is 11.2 Å². The van der Waals surface area contributed by atoms with E-state index < -0.39 is 0 Å². The molecule has 0 amide bonds. The van der Waals surface area contributed by atoms with Crippen molar-refractivity contribution in [2.24, 2.45) is 0 Å². The van der Waals surface area contributed by atoms with Gasteiger partial charge in [-0.05, 0) is 24.3 Å². The molecule has 3 aromatic heterocycles. The predicted molar refractivity (Wildman–Crippen MR) is 94.6 cm³/mol. The highest BCUT2D eigenvalue weighted by Crippen LogP contribution is 2.28. The first kappa shape index (κ1) is 15.4. The second-order valence-electron chi connectivity index (χ2n) is 5.10. The molecule has 4 rings (SSSR count). The molecule has 0 radical (unpaired) electrons. The molecule has 3 heterocycles. The zero-order valence-electron chi connectivity index (χ0n) is 13.0. The van der Waals surface area contributed by atoms with Gasteiger partial charge in [0, 0.05) is 30.2 Å². The lowest BCUT2D eigenvalue weighted by Gasteiger charge is -2.08. The van der Waals surface area contributed by atoms with Crippen molar-refractivity contribution in [3.05, 3.63) is 61.3 Å². The van der Waals surface area contributed by atoms with Crippen LogP contribution in [0.25, 0.3) is 28.7 Å². The van der Waals surface area contributed by atoms with Crippen molar-refractivity contribution >= 4 is 12.6 Å². The third-order valence-electron chi connectivity index (χ3n) is 3.49. The van der Waals surface area contributed by atoms with Gasteiger partial charge in [0.05, 0.1) is 12.0 Å². The van der Waals surface area contributed by atoms with Crippen LogP contribution in [0.15, 0.2) is 65.8 Å². The SMILES string of the molecule is SCOc1cc(-c2nc(-c3ccccn3)no2)cc(-n2ccnc2)c1. The quantitative estimate of drug-likeness (QED) is 0.439.